The van der Waals surface area contributed by atoms with Crippen LogP contribution in [0.5, 0.6) is 17.2 Å². The lowest BCUT2D eigenvalue weighted by Crippen LogP contribution is -2.70. The van der Waals surface area contributed by atoms with Crippen LogP contribution in [-0.2, 0) is 19.1 Å². The van der Waals surface area contributed by atoms with Crippen molar-refractivity contribution in [2.24, 2.45) is 28.8 Å². The minimum Gasteiger partial charge on any atom is -0.459 e. The molecule has 0 bridgehead atoms. The number of aliphatic hydroxyl groups excluding tert-OH is 3. The Labute approximate surface area is 367 Å². The van der Waals surface area contributed by atoms with E-state index >= 15 is 0 Å². The van der Waals surface area contributed by atoms with E-state index in [4.69, 9.17) is 28.9 Å². The number of hydrogen-bond acceptors (Lipinski definition) is 10. The molecule has 1 heterocycles. The molecule has 3 N–H and O–H groups in total. The number of benzene rings is 3. The lowest BCUT2D eigenvalue weighted by molar-refractivity contribution is -0.258. The summed E-state index contributed by atoms with van der Waals surface area (Å²) in [7, 11) is 0. The molecule has 11 nitrogen and oxygen atoms in total. The molecule has 0 saturated heterocycles. The van der Waals surface area contributed by atoms with Crippen molar-refractivity contribution < 1.29 is 43.9 Å². The van der Waals surface area contributed by atoms with Crippen LogP contribution in [0.25, 0.3) is 11.1 Å². The van der Waals surface area contributed by atoms with Crippen molar-refractivity contribution in [3.8, 4) is 28.4 Å². The van der Waals surface area contributed by atoms with E-state index in [9.17, 15) is 20.1 Å². The predicted molar refractivity (Wildman–Crippen MR) is 240 cm³/mol. The lowest BCUT2D eigenvalue weighted by atomic mass is 9.55. The number of aliphatic hydroxyl groups is 3. The zero-order valence-electron chi connectivity index (χ0n) is 36.8. The first-order chi connectivity index (χ1) is 30.1. The number of amides is 1. The number of oxime groups is 1. The van der Waals surface area contributed by atoms with Crippen LogP contribution in [-0.4, -0.2) is 95.5 Å². The summed E-state index contributed by atoms with van der Waals surface area (Å²) in [6, 6.07) is 23.7. The van der Waals surface area contributed by atoms with Gasteiger partial charge in [-0.1, -0.05) is 72.6 Å². The highest BCUT2D eigenvalue weighted by molar-refractivity contribution is 6.03. The number of unbranched alkanes of at least 4 members (excludes halogenated alkanes) is 2. The Kier molecular flexibility index (Phi) is 15.2. The number of fused-ring (bicyclic) bond motifs is 2. The highest BCUT2D eigenvalue weighted by Gasteiger charge is 2.66. The van der Waals surface area contributed by atoms with Crippen LogP contribution in [0.1, 0.15) is 90.0 Å². The molecule has 334 valence electrons. The Morgan fingerprint density at radius 1 is 0.903 bits per heavy atom. The summed E-state index contributed by atoms with van der Waals surface area (Å²) in [6.07, 6.45) is 10.7. The van der Waals surface area contributed by atoms with Gasteiger partial charge in [0.2, 0.25) is 11.7 Å². The summed E-state index contributed by atoms with van der Waals surface area (Å²) >= 11 is 0. The van der Waals surface area contributed by atoms with Gasteiger partial charge in [-0.05, 0) is 118 Å². The average Bonchev–Trinajstić information content (AvgIpc) is 4.13. The number of rotatable bonds is 22. The topological polar surface area (TPSA) is 140 Å². The number of ether oxygens (including phenoxy) is 4. The molecule has 3 aromatic carbocycles. The Hall–Kier alpha value is -4.52. The van der Waals surface area contributed by atoms with Crippen LogP contribution in [0, 0.1) is 23.7 Å². The monoisotopic (exact) mass is 850 g/mol. The fraction of sp³-hybridized carbons (Fsp3) is 0.529. The molecule has 0 spiro atoms. The molecule has 0 radical (unpaired) electrons. The van der Waals surface area contributed by atoms with Crippen molar-refractivity contribution in [3.05, 3.63) is 103 Å². The highest BCUT2D eigenvalue weighted by atomic mass is 16.7. The number of carbonyl (C=O) groups excluding carboxylic acids is 1. The Morgan fingerprint density at radius 3 is 2.29 bits per heavy atom. The van der Waals surface area contributed by atoms with Crippen LogP contribution in [0.3, 0.4) is 0 Å². The maximum Gasteiger partial charge on any atom is 0.239 e. The second kappa shape index (κ2) is 20.8. The highest BCUT2D eigenvalue weighted by Crippen LogP contribution is 2.62. The molecule has 3 aromatic rings. The molecule has 4 aliphatic rings. The third-order valence-electron chi connectivity index (χ3n) is 12.6. The number of hydrogen-bond donors (Lipinski definition) is 3. The molecule has 11 heteroatoms. The summed E-state index contributed by atoms with van der Waals surface area (Å²) in [5, 5.41) is 34.4. The van der Waals surface area contributed by atoms with Crippen LogP contribution in [0.15, 0.2) is 102 Å². The predicted octanol–water partition coefficient (Wildman–Crippen LogP) is 8.83. The van der Waals surface area contributed by atoms with Gasteiger partial charge in [0, 0.05) is 43.6 Å². The summed E-state index contributed by atoms with van der Waals surface area (Å²) in [5.74, 6) is 0.165. The summed E-state index contributed by atoms with van der Waals surface area (Å²) < 4.78 is 26.9. The van der Waals surface area contributed by atoms with Crippen LogP contribution >= 0.6 is 0 Å². The van der Waals surface area contributed by atoms with Gasteiger partial charge in [0.1, 0.15) is 28.9 Å². The van der Waals surface area contributed by atoms with E-state index in [2.05, 4.69) is 43.0 Å². The smallest absolute Gasteiger partial charge is 0.239 e. The van der Waals surface area contributed by atoms with E-state index in [-0.39, 0.29) is 75.8 Å². The van der Waals surface area contributed by atoms with Gasteiger partial charge in [-0.2, -0.15) is 0 Å². The maximum atomic E-state index is 14.6. The molecule has 2 saturated carbocycles. The van der Waals surface area contributed by atoms with Crippen LogP contribution in [0.4, 0.5) is 0 Å². The van der Waals surface area contributed by atoms with Gasteiger partial charge in [0.25, 0.3) is 0 Å². The molecule has 3 aliphatic carbocycles. The van der Waals surface area contributed by atoms with Gasteiger partial charge >= 0.3 is 0 Å². The fourth-order valence-corrected chi connectivity index (χ4v) is 9.70. The molecule has 2 fully saturated rings. The third-order valence-corrected chi connectivity index (χ3v) is 12.6. The van der Waals surface area contributed by atoms with E-state index in [0.29, 0.717) is 36.5 Å². The minimum absolute atomic E-state index is 0.0258. The Bertz CT molecular complexity index is 2010. The molecule has 1 aliphatic heterocycles. The second-order valence-corrected chi connectivity index (χ2v) is 18.1. The van der Waals surface area contributed by atoms with Crippen molar-refractivity contribution in [2.45, 2.75) is 102 Å². The van der Waals surface area contributed by atoms with E-state index < -0.39 is 23.3 Å². The van der Waals surface area contributed by atoms with Gasteiger partial charge in [-0.25, -0.2) is 0 Å². The largest absolute Gasteiger partial charge is 0.459 e. The van der Waals surface area contributed by atoms with Gasteiger partial charge in [-0.15, -0.1) is 6.58 Å². The van der Waals surface area contributed by atoms with Crippen LogP contribution < -0.4 is 9.47 Å². The maximum absolute atomic E-state index is 14.6. The normalized spacial score (nSPS) is 24.6. The van der Waals surface area contributed by atoms with E-state index in [0.717, 1.165) is 66.5 Å². The zero-order chi connectivity index (χ0) is 43.7. The number of nitrogens with zero attached hydrogens (tertiary/aromatic N) is 2. The first-order valence-electron chi connectivity index (χ1n) is 22.7. The first-order valence-corrected chi connectivity index (χ1v) is 22.7. The minimum atomic E-state index is -1.36. The third kappa shape index (κ3) is 10.5. The Balaban J connectivity index is 1.39. The lowest BCUT2D eigenvalue weighted by Gasteiger charge is -2.60. The molecule has 62 heavy (non-hydrogen) atoms. The van der Waals surface area contributed by atoms with Gasteiger partial charge in [0.05, 0.1) is 38.1 Å². The number of carbonyl (C=O) groups is 1. The number of allylic oxidation sites excluding steroid dienone is 1. The average molecular weight is 851 g/mol. The van der Waals surface area contributed by atoms with Crippen molar-refractivity contribution >= 4 is 11.6 Å². The van der Waals surface area contributed by atoms with Gasteiger partial charge in [-0.3, -0.25) is 4.79 Å². The summed E-state index contributed by atoms with van der Waals surface area (Å²) in [6.45, 7) is 10.9. The first kappa shape index (κ1) is 45.5. The summed E-state index contributed by atoms with van der Waals surface area (Å²) in [5.41, 5.74) is 4.37. The Morgan fingerprint density at radius 2 is 1.61 bits per heavy atom. The fourth-order valence-electron chi connectivity index (χ4n) is 9.70. The van der Waals surface area contributed by atoms with E-state index in [1.807, 2.05) is 68.1 Å². The zero-order valence-corrected chi connectivity index (χ0v) is 36.8. The van der Waals surface area contributed by atoms with Crippen molar-refractivity contribution in [2.75, 3.05) is 46.2 Å². The van der Waals surface area contributed by atoms with E-state index in [1.165, 1.54) is 0 Å². The molecule has 6 atom stereocenters. The molecule has 0 unspecified atom stereocenters. The second-order valence-electron chi connectivity index (χ2n) is 18.1. The van der Waals surface area contributed by atoms with Crippen LogP contribution in [0.2, 0.25) is 0 Å². The molecule has 0 aromatic heterocycles. The molecular formula is C51H66N2O9. The van der Waals surface area contributed by atoms with E-state index in [1.54, 1.807) is 6.08 Å². The van der Waals surface area contributed by atoms with Crippen molar-refractivity contribution in [1.82, 2.24) is 4.90 Å². The van der Waals surface area contributed by atoms with Gasteiger partial charge in [0.15, 0.2) is 0 Å². The van der Waals surface area contributed by atoms with Gasteiger partial charge < -0.3 is 44.0 Å². The van der Waals surface area contributed by atoms with Crippen molar-refractivity contribution in [3.63, 3.8) is 0 Å². The molecular weight excluding hydrogens is 785 g/mol. The quantitative estimate of drug-likeness (QED) is 0.0514. The molecule has 7 rings (SSSR count). The molecule has 1 amide bonds. The summed E-state index contributed by atoms with van der Waals surface area (Å²) in [4.78, 5) is 22.7. The standard InChI is InChI=1S/C51H66N2O9/c1-5-29-59-51-46(53(25-30-58-31-28-56)49(57)37-17-18-37)34-44(52-62-50(2,3)4)42-32-38(15-9-11-26-54)41(16-10-12-27-55)47(48(42)51)43-33-40(23-24-45(43)61-51)60-39-21-19-36(20-22-39)35-13-7-6-8-14-35/h5-8,13-14,19-24,32-33,37-38,41,46-48,54-56H,1,9-12,15-18,25-31,34H2,2-4H3/t38-,41+,46-,47+,48+,51+/m0/s1. The SMILES string of the molecule is C=CCO[C@@]12Oc3ccc(Oc4ccc(-c5ccccc5)cc4)cc3[C@H]3[C@H](CCCCO)[C@@H](CCCCO)C=C(C(=NOC(C)(C)C)C[C@@H]1N(CCOCCO)C(=O)C1CC1)[C@H]32. The van der Waals surface area contributed by atoms with Crippen molar-refractivity contribution in [1.29, 1.82) is 0 Å².